The molecule has 0 amide bonds. The van der Waals surface area contributed by atoms with Gasteiger partial charge in [0.15, 0.2) is 0 Å². The van der Waals surface area contributed by atoms with Crippen LogP contribution >= 0.6 is 11.6 Å². The van der Waals surface area contributed by atoms with E-state index < -0.39 is 0 Å². The maximum Gasteiger partial charge on any atom is 0.0761 e. The highest BCUT2D eigenvalue weighted by atomic mass is 35.5. The van der Waals surface area contributed by atoms with Crippen molar-refractivity contribution in [3.05, 3.63) is 29.0 Å². The van der Waals surface area contributed by atoms with Crippen LogP contribution in [-0.4, -0.2) is 11.5 Å². The maximum atomic E-state index is 6.30. The summed E-state index contributed by atoms with van der Waals surface area (Å²) in [5.74, 6) is 1.55. The molecule has 0 bridgehead atoms. The lowest BCUT2D eigenvalue weighted by atomic mass is 9.78. The van der Waals surface area contributed by atoms with Gasteiger partial charge in [-0.25, -0.2) is 0 Å². The Balaban J connectivity index is 2.15. The topological polar surface area (TPSA) is 24.9 Å². The third-order valence-corrected chi connectivity index (χ3v) is 4.36. The fourth-order valence-electron chi connectivity index (χ4n) is 2.95. The van der Waals surface area contributed by atoms with E-state index in [1.165, 1.54) is 25.7 Å². The highest BCUT2D eigenvalue weighted by Crippen LogP contribution is 2.37. The molecular formula is C15H23ClN2. The van der Waals surface area contributed by atoms with Gasteiger partial charge in [0, 0.05) is 6.20 Å². The molecule has 0 saturated heterocycles. The Morgan fingerprint density at radius 1 is 1.39 bits per heavy atom. The van der Waals surface area contributed by atoms with Gasteiger partial charge in [-0.05, 0) is 43.4 Å². The zero-order valence-electron chi connectivity index (χ0n) is 11.3. The summed E-state index contributed by atoms with van der Waals surface area (Å²) < 4.78 is 0. The average Bonchev–Trinajstić information content (AvgIpc) is 2.38. The Morgan fingerprint density at radius 2 is 2.11 bits per heavy atom. The van der Waals surface area contributed by atoms with Crippen LogP contribution in [0.3, 0.4) is 0 Å². The molecule has 0 aromatic carbocycles. The van der Waals surface area contributed by atoms with E-state index in [0.29, 0.717) is 12.0 Å². The molecule has 2 nitrogen and oxygen atoms in total. The van der Waals surface area contributed by atoms with Crippen molar-refractivity contribution in [2.75, 3.05) is 6.54 Å². The van der Waals surface area contributed by atoms with Crippen LogP contribution in [0.4, 0.5) is 0 Å². The van der Waals surface area contributed by atoms with Gasteiger partial charge >= 0.3 is 0 Å². The normalized spacial score (nSPS) is 25.9. The van der Waals surface area contributed by atoms with Crippen molar-refractivity contribution in [3.8, 4) is 0 Å². The minimum atomic E-state index is 0.316. The fourth-order valence-corrected chi connectivity index (χ4v) is 3.19. The predicted molar refractivity (Wildman–Crippen MR) is 76.8 cm³/mol. The third kappa shape index (κ3) is 3.24. The van der Waals surface area contributed by atoms with Crippen molar-refractivity contribution in [3.63, 3.8) is 0 Å². The summed E-state index contributed by atoms with van der Waals surface area (Å²) >= 11 is 6.30. The summed E-state index contributed by atoms with van der Waals surface area (Å²) in [6.45, 7) is 5.46. The van der Waals surface area contributed by atoms with Crippen LogP contribution in [0.15, 0.2) is 18.3 Å². The number of aromatic nitrogens is 1. The molecular weight excluding hydrogens is 244 g/mol. The van der Waals surface area contributed by atoms with Crippen molar-refractivity contribution in [2.45, 2.75) is 45.6 Å². The molecule has 0 radical (unpaired) electrons. The molecule has 3 heteroatoms. The summed E-state index contributed by atoms with van der Waals surface area (Å²) in [5, 5.41) is 4.37. The van der Waals surface area contributed by atoms with Gasteiger partial charge in [-0.3, -0.25) is 4.98 Å². The van der Waals surface area contributed by atoms with Crippen molar-refractivity contribution in [1.82, 2.24) is 10.3 Å². The first-order chi connectivity index (χ1) is 8.72. The standard InChI is InChI=1S/C15H23ClN2/c1-3-17-14(12-8-6-11(2)7-9-12)15-13(16)5-4-10-18-15/h4-5,10-12,14,17H,3,6-9H2,1-2H3. The molecule has 1 unspecified atom stereocenters. The zero-order valence-corrected chi connectivity index (χ0v) is 12.1. The van der Waals surface area contributed by atoms with Crippen molar-refractivity contribution >= 4 is 11.6 Å². The van der Waals surface area contributed by atoms with E-state index >= 15 is 0 Å². The van der Waals surface area contributed by atoms with Gasteiger partial charge in [0.05, 0.1) is 16.8 Å². The molecule has 1 aliphatic rings. The molecule has 1 aliphatic carbocycles. The molecule has 1 atom stereocenters. The van der Waals surface area contributed by atoms with E-state index in [-0.39, 0.29) is 0 Å². The van der Waals surface area contributed by atoms with E-state index in [0.717, 1.165) is 23.2 Å². The van der Waals surface area contributed by atoms with E-state index in [2.05, 4.69) is 24.1 Å². The monoisotopic (exact) mass is 266 g/mol. The first-order valence-electron chi connectivity index (χ1n) is 7.06. The van der Waals surface area contributed by atoms with Gasteiger partial charge in [-0.1, -0.05) is 38.3 Å². The van der Waals surface area contributed by atoms with Crippen molar-refractivity contribution in [2.24, 2.45) is 11.8 Å². The summed E-state index contributed by atoms with van der Waals surface area (Å²) in [4.78, 5) is 4.50. The highest BCUT2D eigenvalue weighted by Gasteiger charge is 2.28. The molecule has 1 fully saturated rings. The molecule has 0 aliphatic heterocycles. The van der Waals surface area contributed by atoms with Crippen LogP contribution in [0.5, 0.6) is 0 Å². The van der Waals surface area contributed by atoms with Crippen LogP contribution in [0, 0.1) is 11.8 Å². The van der Waals surface area contributed by atoms with Crippen LogP contribution < -0.4 is 5.32 Å². The SMILES string of the molecule is CCNC(c1ncccc1Cl)C1CCC(C)CC1. The fraction of sp³-hybridized carbons (Fsp3) is 0.667. The van der Waals surface area contributed by atoms with Crippen LogP contribution in [0.1, 0.15) is 51.3 Å². The Hall–Kier alpha value is -0.600. The lowest BCUT2D eigenvalue weighted by Gasteiger charge is -2.33. The minimum absolute atomic E-state index is 0.316. The quantitative estimate of drug-likeness (QED) is 0.883. The summed E-state index contributed by atoms with van der Waals surface area (Å²) in [7, 11) is 0. The summed E-state index contributed by atoms with van der Waals surface area (Å²) in [6.07, 6.45) is 7.07. The average molecular weight is 267 g/mol. The van der Waals surface area contributed by atoms with Crippen molar-refractivity contribution in [1.29, 1.82) is 0 Å². The molecule has 1 aromatic rings. The summed E-state index contributed by atoms with van der Waals surface area (Å²) in [6, 6.07) is 4.16. The molecule has 1 N–H and O–H groups in total. The first kappa shape index (κ1) is 13.8. The molecule has 2 rings (SSSR count). The molecule has 1 heterocycles. The zero-order chi connectivity index (χ0) is 13.0. The maximum absolute atomic E-state index is 6.30. The Bertz CT molecular complexity index is 373. The lowest BCUT2D eigenvalue weighted by molar-refractivity contribution is 0.230. The first-order valence-corrected chi connectivity index (χ1v) is 7.44. The predicted octanol–water partition coefficient (Wildman–Crippen LogP) is 4.21. The van der Waals surface area contributed by atoms with E-state index in [4.69, 9.17) is 11.6 Å². The second-order valence-corrected chi connectivity index (χ2v) is 5.83. The molecule has 1 aromatic heterocycles. The van der Waals surface area contributed by atoms with Crippen LogP contribution in [0.25, 0.3) is 0 Å². The Kier molecular flexibility index (Phi) is 5.02. The van der Waals surface area contributed by atoms with Crippen LogP contribution in [0.2, 0.25) is 5.02 Å². The number of rotatable bonds is 4. The minimum Gasteiger partial charge on any atom is -0.309 e. The second kappa shape index (κ2) is 6.53. The van der Waals surface area contributed by atoms with Gasteiger partial charge in [0.2, 0.25) is 0 Å². The Labute approximate surface area is 115 Å². The van der Waals surface area contributed by atoms with E-state index in [1.807, 2.05) is 18.3 Å². The van der Waals surface area contributed by atoms with Gasteiger partial charge in [0.1, 0.15) is 0 Å². The van der Waals surface area contributed by atoms with Crippen LogP contribution in [-0.2, 0) is 0 Å². The molecule has 0 spiro atoms. The second-order valence-electron chi connectivity index (χ2n) is 5.43. The number of hydrogen-bond acceptors (Lipinski definition) is 2. The number of nitrogens with zero attached hydrogens (tertiary/aromatic N) is 1. The van der Waals surface area contributed by atoms with Crippen molar-refractivity contribution < 1.29 is 0 Å². The molecule has 100 valence electrons. The number of halogens is 1. The highest BCUT2D eigenvalue weighted by molar-refractivity contribution is 6.31. The molecule has 1 saturated carbocycles. The number of nitrogens with one attached hydrogen (secondary N) is 1. The van der Waals surface area contributed by atoms with E-state index in [1.54, 1.807) is 0 Å². The van der Waals surface area contributed by atoms with Gasteiger partial charge in [-0.15, -0.1) is 0 Å². The largest absolute Gasteiger partial charge is 0.309 e. The smallest absolute Gasteiger partial charge is 0.0761 e. The Morgan fingerprint density at radius 3 is 2.72 bits per heavy atom. The van der Waals surface area contributed by atoms with E-state index in [9.17, 15) is 0 Å². The van der Waals surface area contributed by atoms with Gasteiger partial charge in [-0.2, -0.15) is 0 Å². The van der Waals surface area contributed by atoms with Gasteiger partial charge in [0.25, 0.3) is 0 Å². The molecule has 18 heavy (non-hydrogen) atoms. The number of hydrogen-bond donors (Lipinski definition) is 1. The lowest BCUT2D eigenvalue weighted by Crippen LogP contribution is -2.31. The summed E-state index contributed by atoms with van der Waals surface area (Å²) in [5.41, 5.74) is 1.03. The third-order valence-electron chi connectivity index (χ3n) is 4.04. The van der Waals surface area contributed by atoms with Gasteiger partial charge < -0.3 is 5.32 Å². The number of pyridine rings is 1.